The summed E-state index contributed by atoms with van der Waals surface area (Å²) >= 11 is 0. The van der Waals surface area contributed by atoms with E-state index in [1.165, 1.54) is 20.8 Å². The van der Waals surface area contributed by atoms with Crippen molar-refractivity contribution in [3.05, 3.63) is 0 Å². The number of rotatable bonds is 5. The zero-order valence-corrected chi connectivity index (χ0v) is 11.2. The van der Waals surface area contributed by atoms with Crippen LogP contribution in [0.15, 0.2) is 0 Å². The highest BCUT2D eigenvalue weighted by Crippen LogP contribution is 2.38. The topological polar surface area (TPSA) is 83.5 Å². The third-order valence-electron chi connectivity index (χ3n) is 2.64. The highest BCUT2D eigenvalue weighted by atomic mass is 32.2. The predicted octanol–water partition coefficient (Wildman–Crippen LogP) is 1.74. The fourth-order valence-corrected chi connectivity index (χ4v) is 1.28. The Balaban J connectivity index is 5.18. The third-order valence-corrected chi connectivity index (χ3v) is 3.79. The molecule has 19 heavy (non-hydrogen) atoms. The maximum absolute atomic E-state index is 13.4. The molecule has 0 aromatic heterocycles. The fourth-order valence-electron chi connectivity index (χ4n) is 0.794. The molecule has 0 radical (unpaired) electrons. The molecule has 0 bridgehead atoms. The van der Waals surface area contributed by atoms with E-state index in [-0.39, 0.29) is 6.42 Å². The van der Waals surface area contributed by atoms with Crippen molar-refractivity contribution >= 4 is 16.1 Å². The van der Waals surface area contributed by atoms with Crippen molar-refractivity contribution in [3.8, 4) is 0 Å². The number of hydrogen-bond acceptors (Lipinski definition) is 5. The number of alkyl halides is 4. The van der Waals surface area contributed by atoms with Crippen molar-refractivity contribution < 1.29 is 40.1 Å². The summed E-state index contributed by atoms with van der Waals surface area (Å²) in [4.78, 5) is 11.3. The quantitative estimate of drug-likeness (QED) is 0.439. The second kappa shape index (κ2) is 5.23. The van der Waals surface area contributed by atoms with Gasteiger partial charge in [0.2, 0.25) is 0 Å². The van der Waals surface area contributed by atoms with Gasteiger partial charge < -0.3 is 9.29 Å². The van der Waals surface area contributed by atoms with Crippen molar-refractivity contribution in [2.24, 2.45) is 5.41 Å². The van der Waals surface area contributed by atoms with Crippen LogP contribution < -0.4 is 0 Å². The van der Waals surface area contributed by atoms with Crippen LogP contribution in [0.1, 0.15) is 27.2 Å². The van der Waals surface area contributed by atoms with E-state index in [0.29, 0.717) is 0 Å². The normalized spacial score (nSPS) is 16.8. The summed E-state index contributed by atoms with van der Waals surface area (Å²) in [5.74, 6) is -1.23. The number of carbonyl (C=O) groups is 1. The average molecular weight is 309 g/mol. The second-order valence-corrected chi connectivity index (χ2v) is 6.05. The lowest BCUT2D eigenvalue weighted by Gasteiger charge is -2.30. The van der Waals surface area contributed by atoms with Gasteiger partial charge in [0.1, 0.15) is 16.7 Å². The summed E-state index contributed by atoms with van der Waals surface area (Å²) in [5.41, 5.74) is -1.22. The van der Waals surface area contributed by atoms with E-state index < -0.39 is 39.3 Å². The Hall–Kier alpha value is -0.900. The molecule has 1 atom stereocenters. The first-order chi connectivity index (χ1) is 8.19. The lowest BCUT2D eigenvalue weighted by molar-refractivity contribution is -0.215. The minimum Gasteiger partial charge on any atom is -0.745 e. The number of carbonyl (C=O) groups excluding carboxylic acids is 1. The minimum atomic E-state index is -6.39. The maximum atomic E-state index is 13.4. The molecule has 0 saturated heterocycles. The summed E-state index contributed by atoms with van der Waals surface area (Å²) < 4.78 is 85.4. The number of esters is 1. The minimum absolute atomic E-state index is 0.168. The van der Waals surface area contributed by atoms with Gasteiger partial charge in [-0.25, -0.2) is 12.8 Å². The summed E-state index contributed by atoms with van der Waals surface area (Å²) in [6.07, 6.45) is -5.83. The van der Waals surface area contributed by atoms with E-state index in [9.17, 15) is 35.3 Å². The van der Waals surface area contributed by atoms with Gasteiger partial charge in [0.05, 0.1) is 5.41 Å². The van der Waals surface area contributed by atoms with Crippen molar-refractivity contribution in [3.63, 3.8) is 0 Å². The van der Waals surface area contributed by atoms with E-state index in [4.69, 9.17) is 0 Å². The van der Waals surface area contributed by atoms with Gasteiger partial charge in [-0.3, -0.25) is 4.79 Å². The summed E-state index contributed by atoms with van der Waals surface area (Å²) in [6, 6.07) is 0. The van der Waals surface area contributed by atoms with Crippen LogP contribution in [0.2, 0.25) is 0 Å². The molecule has 5 nitrogen and oxygen atoms in total. The van der Waals surface area contributed by atoms with E-state index in [2.05, 4.69) is 4.74 Å². The van der Waals surface area contributed by atoms with Gasteiger partial charge in [0, 0.05) is 0 Å². The van der Waals surface area contributed by atoms with E-state index in [1.54, 1.807) is 0 Å². The molecule has 0 saturated carbocycles. The first-order valence-corrected chi connectivity index (χ1v) is 6.48. The van der Waals surface area contributed by atoms with Crippen molar-refractivity contribution in [1.29, 1.82) is 0 Å². The van der Waals surface area contributed by atoms with Crippen LogP contribution >= 0.6 is 0 Å². The third kappa shape index (κ3) is 3.78. The highest BCUT2D eigenvalue weighted by Gasteiger charge is 2.63. The standard InChI is InChI=1S/C9H14F4O5S/c1-4-7(2,3)6(14)18-5-8(10,9(11,12)13)19(15,16)17/h4-5H2,1-3H3,(H,15,16,17)/p-1. The van der Waals surface area contributed by atoms with Crippen LogP contribution in [0.5, 0.6) is 0 Å². The van der Waals surface area contributed by atoms with Gasteiger partial charge in [0.25, 0.3) is 0 Å². The molecule has 0 rings (SSSR count). The van der Waals surface area contributed by atoms with Gasteiger partial charge in [-0.05, 0) is 20.3 Å². The Morgan fingerprint density at radius 1 is 1.21 bits per heavy atom. The predicted molar refractivity (Wildman–Crippen MR) is 54.6 cm³/mol. The van der Waals surface area contributed by atoms with Crippen LogP contribution in [-0.2, 0) is 19.6 Å². The highest BCUT2D eigenvalue weighted by molar-refractivity contribution is 7.87. The summed E-state index contributed by atoms with van der Waals surface area (Å²) in [5, 5.41) is -5.15. The van der Waals surface area contributed by atoms with Gasteiger partial charge in [-0.15, -0.1) is 0 Å². The molecule has 0 amide bonds. The van der Waals surface area contributed by atoms with Gasteiger partial charge in [-0.1, -0.05) is 6.92 Å². The van der Waals surface area contributed by atoms with Gasteiger partial charge >= 0.3 is 17.1 Å². The van der Waals surface area contributed by atoms with Gasteiger partial charge in [0.15, 0.2) is 0 Å². The Kier molecular flexibility index (Phi) is 4.99. The molecule has 0 aromatic carbocycles. The molecule has 0 aliphatic heterocycles. The van der Waals surface area contributed by atoms with Gasteiger partial charge in [-0.2, -0.15) is 13.2 Å². The Morgan fingerprint density at radius 2 is 1.63 bits per heavy atom. The molecular formula is C9H13F4O5S-. The zero-order chi connectivity index (χ0) is 15.7. The average Bonchev–Trinajstić information content (AvgIpc) is 2.21. The molecule has 10 heteroatoms. The molecule has 0 aromatic rings. The Labute approximate surface area is 107 Å². The summed E-state index contributed by atoms with van der Waals surface area (Å²) in [7, 11) is -6.39. The first-order valence-electron chi connectivity index (χ1n) is 5.07. The lowest BCUT2D eigenvalue weighted by atomic mass is 9.91. The summed E-state index contributed by atoms with van der Waals surface area (Å²) in [6.45, 7) is 1.94. The molecule has 0 spiro atoms. The SMILES string of the molecule is CCC(C)(C)C(=O)OCC(F)(C(F)(F)F)S(=O)(=O)[O-]. The second-order valence-electron chi connectivity index (χ2n) is 4.49. The van der Waals surface area contributed by atoms with Crippen LogP contribution in [0.3, 0.4) is 0 Å². The molecule has 0 aliphatic rings. The van der Waals surface area contributed by atoms with Crippen molar-refractivity contribution in [1.82, 2.24) is 0 Å². The lowest BCUT2D eigenvalue weighted by Crippen LogP contribution is -2.52. The molecule has 0 fully saturated rings. The smallest absolute Gasteiger partial charge is 0.439 e. The van der Waals surface area contributed by atoms with Crippen molar-refractivity contribution in [2.75, 3.05) is 6.61 Å². The number of ether oxygens (including phenoxy) is 1. The van der Waals surface area contributed by atoms with Crippen LogP contribution in [0.25, 0.3) is 0 Å². The number of hydrogen-bond donors (Lipinski definition) is 0. The van der Waals surface area contributed by atoms with E-state index in [1.807, 2.05) is 0 Å². The largest absolute Gasteiger partial charge is 0.745 e. The molecular weight excluding hydrogens is 296 g/mol. The molecule has 0 aliphatic carbocycles. The molecule has 114 valence electrons. The van der Waals surface area contributed by atoms with E-state index >= 15 is 0 Å². The zero-order valence-electron chi connectivity index (χ0n) is 10.4. The monoisotopic (exact) mass is 309 g/mol. The Morgan fingerprint density at radius 3 is 1.89 bits per heavy atom. The first kappa shape index (κ1) is 18.1. The Bertz CT molecular complexity index is 442. The van der Waals surface area contributed by atoms with Crippen LogP contribution in [0, 0.1) is 5.41 Å². The maximum Gasteiger partial charge on any atom is 0.439 e. The van der Waals surface area contributed by atoms with Crippen LogP contribution in [0.4, 0.5) is 17.6 Å². The molecule has 1 unspecified atom stereocenters. The fraction of sp³-hybridized carbons (Fsp3) is 0.889. The van der Waals surface area contributed by atoms with E-state index in [0.717, 1.165) is 0 Å². The van der Waals surface area contributed by atoms with Crippen molar-refractivity contribution in [2.45, 2.75) is 38.4 Å². The van der Waals surface area contributed by atoms with Crippen LogP contribution in [-0.4, -0.2) is 36.7 Å². The number of halogens is 4. The molecule has 0 N–H and O–H groups in total. The molecule has 0 heterocycles.